The highest BCUT2D eigenvalue weighted by Crippen LogP contribution is 2.28. The van der Waals surface area contributed by atoms with Gasteiger partial charge in [-0.25, -0.2) is 0 Å². The summed E-state index contributed by atoms with van der Waals surface area (Å²) in [5.41, 5.74) is 1.76. The molecule has 0 aliphatic carbocycles. The van der Waals surface area contributed by atoms with Crippen molar-refractivity contribution in [2.24, 2.45) is 0 Å². The van der Waals surface area contributed by atoms with E-state index in [0.29, 0.717) is 5.56 Å². The summed E-state index contributed by atoms with van der Waals surface area (Å²) < 4.78 is 0. The van der Waals surface area contributed by atoms with Crippen LogP contribution in [0.2, 0.25) is 0 Å². The molecule has 5 heteroatoms. The van der Waals surface area contributed by atoms with E-state index in [2.05, 4.69) is 5.32 Å². The van der Waals surface area contributed by atoms with Crippen LogP contribution >= 0.6 is 35.0 Å². The number of nitrogens with one attached hydrogen (secondary N) is 1. The first-order valence-electron chi connectivity index (χ1n) is 6.43. The molecule has 110 valence electrons. The second-order valence-electron chi connectivity index (χ2n) is 4.53. The molecule has 21 heavy (non-hydrogen) atoms. The molecule has 0 aromatic heterocycles. The van der Waals surface area contributed by atoms with Gasteiger partial charge in [-0.05, 0) is 31.2 Å². The standard InChI is InChI=1S/C16H15Cl2NOS/c1-11-7-9-13(10-8-11)21-16(14(17)18)19-15(20)12-5-3-2-4-6-12/h2-10,14,16H,1H3,(H,19,20)/t16-/m0/s1. The third-order valence-corrected chi connectivity index (χ3v) is 4.81. The van der Waals surface area contributed by atoms with Crippen LogP contribution in [0.4, 0.5) is 0 Å². The van der Waals surface area contributed by atoms with E-state index < -0.39 is 10.2 Å². The van der Waals surface area contributed by atoms with Crippen molar-refractivity contribution in [1.29, 1.82) is 0 Å². The van der Waals surface area contributed by atoms with Crippen LogP contribution in [0.5, 0.6) is 0 Å². The normalized spacial score (nSPS) is 12.2. The Hall–Kier alpha value is -1.16. The molecule has 0 unspecified atom stereocenters. The number of thioether (sulfide) groups is 1. The molecule has 0 radical (unpaired) electrons. The van der Waals surface area contributed by atoms with Crippen LogP contribution in [0.1, 0.15) is 15.9 Å². The molecule has 1 N–H and O–H groups in total. The van der Waals surface area contributed by atoms with E-state index in [9.17, 15) is 4.79 Å². The second kappa shape index (κ2) is 7.74. The molecule has 0 heterocycles. The lowest BCUT2D eigenvalue weighted by Gasteiger charge is -2.19. The first kappa shape index (κ1) is 16.2. The maximum Gasteiger partial charge on any atom is 0.252 e. The van der Waals surface area contributed by atoms with E-state index >= 15 is 0 Å². The highest BCUT2D eigenvalue weighted by Gasteiger charge is 2.21. The quantitative estimate of drug-likeness (QED) is 0.488. The van der Waals surface area contributed by atoms with E-state index in [1.807, 2.05) is 49.4 Å². The Bertz CT molecular complexity index is 587. The Morgan fingerprint density at radius 1 is 1.05 bits per heavy atom. The maximum absolute atomic E-state index is 12.2. The van der Waals surface area contributed by atoms with Gasteiger partial charge in [0.25, 0.3) is 5.91 Å². The zero-order valence-corrected chi connectivity index (χ0v) is 13.8. The molecule has 0 bridgehead atoms. The molecular weight excluding hydrogens is 325 g/mol. The fraction of sp³-hybridized carbons (Fsp3) is 0.188. The molecule has 2 aromatic rings. The molecule has 1 amide bonds. The fourth-order valence-corrected chi connectivity index (χ4v) is 3.00. The Balaban J connectivity index is 2.06. The average molecular weight is 340 g/mol. The van der Waals surface area contributed by atoms with Gasteiger partial charge in [-0.15, -0.1) is 23.2 Å². The molecule has 0 fully saturated rings. The van der Waals surface area contributed by atoms with Gasteiger partial charge in [0.05, 0.1) is 0 Å². The van der Waals surface area contributed by atoms with E-state index in [0.717, 1.165) is 4.90 Å². The van der Waals surface area contributed by atoms with Gasteiger partial charge in [0.2, 0.25) is 0 Å². The van der Waals surface area contributed by atoms with Gasteiger partial charge in [0, 0.05) is 10.5 Å². The molecule has 2 rings (SSSR count). The van der Waals surface area contributed by atoms with Gasteiger partial charge in [-0.2, -0.15) is 0 Å². The number of hydrogen-bond acceptors (Lipinski definition) is 2. The van der Waals surface area contributed by atoms with Crippen LogP contribution < -0.4 is 5.32 Å². The van der Waals surface area contributed by atoms with Crippen molar-refractivity contribution in [3.8, 4) is 0 Å². The molecule has 0 aliphatic rings. The van der Waals surface area contributed by atoms with Gasteiger partial charge in [0.15, 0.2) is 0 Å². The summed E-state index contributed by atoms with van der Waals surface area (Å²) in [6.45, 7) is 2.02. The van der Waals surface area contributed by atoms with Crippen molar-refractivity contribution in [1.82, 2.24) is 5.32 Å². The molecule has 0 aliphatic heterocycles. The number of amides is 1. The highest BCUT2D eigenvalue weighted by atomic mass is 35.5. The molecule has 0 saturated heterocycles. The lowest BCUT2D eigenvalue weighted by atomic mass is 10.2. The van der Waals surface area contributed by atoms with Crippen LogP contribution in [-0.2, 0) is 0 Å². The van der Waals surface area contributed by atoms with Gasteiger partial charge in [-0.3, -0.25) is 4.79 Å². The summed E-state index contributed by atoms with van der Waals surface area (Å²) >= 11 is 13.4. The van der Waals surface area contributed by atoms with Gasteiger partial charge in [-0.1, -0.05) is 47.7 Å². The number of rotatable bonds is 5. The molecule has 0 saturated carbocycles. The summed E-state index contributed by atoms with van der Waals surface area (Å²) in [6, 6.07) is 17.0. The largest absolute Gasteiger partial charge is 0.337 e. The Morgan fingerprint density at radius 2 is 1.67 bits per heavy atom. The highest BCUT2D eigenvalue weighted by molar-refractivity contribution is 8.00. The lowest BCUT2D eigenvalue weighted by Crippen LogP contribution is -2.36. The average Bonchev–Trinajstić information content (AvgIpc) is 2.49. The number of aryl methyl sites for hydroxylation is 1. The number of benzene rings is 2. The molecule has 0 spiro atoms. The van der Waals surface area contributed by atoms with Crippen LogP contribution in [0, 0.1) is 6.92 Å². The van der Waals surface area contributed by atoms with Crippen molar-refractivity contribution in [2.45, 2.75) is 22.0 Å². The SMILES string of the molecule is Cc1ccc(S[C@H](NC(=O)c2ccccc2)C(Cl)Cl)cc1. The molecule has 2 aromatic carbocycles. The van der Waals surface area contributed by atoms with Crippen LogP contribution in [-0.4, -0.2) is 16.1 Å². The van der Waals surface area contributed by atoms with Crippen LogP contribution in [0.25, 0.3) is 0 Å². The minimum atomic E-state index is -0.705. The van der Waals surface area contributed by atoms with Crippen LogP contribution in [0.15, 0.2) is 59.5 Å². The van der Waals surface area contributed by atoms with E-state index in [-0.39, 0.29) is 5.91 Å². The first-order chi connectivity index (χ1) is 10.1. The van der Waals surface area contributed by atoms with E-state index in [4.69, 9.17) is 23.2 Å². The Kier molecular flexibility index (Phi) is 5.97. The number of carbonyl (C=O) groups excluding carboxylic acids is 1. The maximum atomic E-state index is 12.2. The van der Waals surface area contributed by atoms with Crippen molar-refractivity contribution < 1.29 is 4.79 Å². The van der Waals surface area contributed by atoms with Crippen LogP contribution in [0.3, 0.4) is 0 Å². The monoisotopic (exact) mass is 339 g/mol. The van der Waals surface area contributed by atoms with Crippen molar-refractivity contribution in [2.75, 3.05) is 0 Å². The lowest BCUT2D eigenvalue weighted by molar-refractivity contribution is 0.0951. The molecular formula is C16H15Cl2NOS. The van der Waals surface area contributed by atoms with Gasteiger partial charge in [0.1, 0.15) is 10.2 Å². The molecule has 2 nitrogen and oxygen atoms in total. The summed E-state index contributed by atoms with van der Waals surface area (Å²) in [6.07, 6.45) is 0. The predicted octanol–water partition coefficient (Wildman–Crippen LogP) is 4.65. The minimum Gasteiger partial charge on any atom is -0.337 e. The molecule has 1 atom stereocenters. The topological polar surface area (TPSA) is 29.1 Å². The minimum absolute atomic E-state index is 0.188. The van der Waals surface area contributed by atoms with Gasteiger partial charge < -0.3 is 5.32 Å². The third-order valence-electron chi connectivity index (χ3n) is 2.82. The zero-order valence-electron chi connectivity index (χ0n) is 11.4. The predicted molar refractivity (Wildman–Crippen MR) is 90.2 cm³/mol. The summed E-state index contributed by atoms with van der Waals surface area (Å²) in [5.74, 6) is -0.188. The van der Waals surface area contributed by atoms with Gasteiger partial charge >= 0.3 is 0 Å². The number of halogens is 2. The summed E-state index contributed by atoms with van der Waals surface area (Å²) in [5, 5.41) is 2.44. The second-order valence-corrected chi connectivity index (χ2v) is 6.90. The zero-order chi connectivity index (χ0) is 15.2. The summed E-state index contributed by atoms with van der Waals surface area (Å²) in [7, 11) is 0. The fourth-order valence-electron chi connectivity index (χ4n) is 1.71. The van der Waals surface area contributed by atoms with Crippen molar-refractivity contribution in [3.05, 3.63) is 65.7 Å². The first-order valence-corrected chi connectivity index (χ1v) is 8.19. The van der Waals surface area contributed by atoms with Crippen molar-refractivity contribution in [3.63, 3.8) is 0 Å². The smallest absolute Gasteiger partial charge is 0.252 e. The Labute approximate surface area is 138 Å². The Morgan fingerprint density at radius 3 is 2.24 bits per heavy atom. The van der Waals surface area contributed by atoms with E-state index in [1.165, 1.54) is 17.3 Å². The number of carbonyl (C=O) groups is 1. The number of alkyl halides is 2. The van der Waals surface area contributed by atoms with Crippen molar-refractivity contribution >= 4 is 40.9 Å². The van der Waals surface area contributed by atoms with E-state index in [1.54, 1.807) is 12.1 Å². The number of hydrogen-bond donors (Lipinski definition) is 1. The third kappa shape index (κ3) is 4.95. The summed E-state index contributed by atoms with van der Waals surface area (Å²) in [4.78, 5) is 12.5.